The number of benzene rings is 1. The molecule has 5 nitrogen and oxygen atoms in total. The molecule has 2 N–H and O–H groups in total. The van der Waals surface area contributed by atoms with Crippen molar-refractivity contribution in [2.24, 2.45) is 0 Å². The number of nitrogens with zero attached hydrogens (tertiary/aromatic N) is 4. The molecule has 3 rings (SSSR count). The summed E-state index contributed by atoms with van der Waals surface area (Å²) >= 11 is 0. The van der Waals surface area contributed by atoms with E-state index in [1.807, 2.05) is 0 Å². The first-order valence-corrected chi connectivity index (χ1v) is 6.15. The molecule has 21 heavy (non-hydrogen) atoms. The maximum absolute atomic E-state index is 13.8. The van der Waals surface area contributed by atoms with Gasteiger partial charge < -0.3 is 5.73 Å². The highest BCUT2D eigenvalue weighted by Crippen LogP contribution is 2.26. The lowest BCUT2D eigenvalue weighted by Crippen LogP contribution is -2.00. The van der Waals surface area contributed by atoms with Crippen molar-refractivity contribution in [3.8, 4) is 17.1 Å². The van der Waals surface area contributed by atoms with Crippen molar-refractivity contribution in [3.63, 3.8) is 0 Å². The molecular weight excluding hydrogens is 276 g/mol. The number of halogens is 2. The third kappa shape index (κ3) is 2.33. The third-order valence-electron chi connectivity index (χ3n) is 3.00. The van der Waals surface area contributed by atoms with E-state index in [1.165, 1.54) is 23.1 Å². The highest BCUT2D eigenvalue weighted by Gasteiger charge is 2.15. The predicted molar refractivity (Wildman–Crippen MR) is 73.7 cm³/mol. The predicted octanol–water partition coefficient (Wildman–Crippen LogP) is 2.50. The standard InChI is InChI=1S/C14H11F2N5/c1-8-13(19-5-4-18-8)14-11(17)7-21(20-14)12-3-2-9(15)6-10(12)16/h2-7H,17H2,1H3. The zero-order chi connectivity index (χ0) is 15.0. The van der Waals surface area contributed by atoms with Crippen LogP contribution in [0.1, 0.15) is 5.69 Å². The lowest BCUT2D eigenvalue weighted by Gasteiger charge is -2.03. The van der Waals surface area contributed by atoms with Crippen LogP contribution in [0.3, 0.4) is 0 Å². The van der Waals surface area contributed by atoms with Gasteiger partial charge in [-0.15, -0.1) is 0 Å². The monoisotopic (exact) mass is 287 g/mol. The quantitative estimate of drug-likeness (QED) is 0.786. The van der Waals surface area contributed by atoms with E-state index in [4.69, 9.17) is 5.73 Å². The number of aromatic nitrogens is 4. The van der Waals surface area contributed by atoms with Gasteiger partial charge in [0.2, 0.25) is 0 Å². The van der Waals surface area contributed by atoms with Gasteiger partial charge in [0.1, 0.15) is 22.9 Å². The topological polar surface area (TPSA) is 69.6 Å². The lowest BCUT2D eigenvalue weighted by atomic mass is 10.2. The van der Waals surface area contributed by atoms with Crippen molar-refractivity contribution < 1.29 is 8.78 Å². The molecule has 0 unspecified atom stereocenters. The Morgan fingerprint density at radius 2 is 1.86 bits per heavy atom. The van der Waals surface area contributed by atoms with Gasteiger partial charge >= 0.3 is 0 Å². The highest BCUT2D eigenvalue weighted by molar-refractivity contribution is 5.70. The molecule has 0 aliphatic carbocycles. The van der Waals surface area contributed by atoms with Gasteiger partial charge in [-0.1, -0.05) is 0 Å². The molecule has 0 radical (unpaired) electrons. The molecule has 106 valence electrons. The summed E-state index contributed by atoms with van der Waals surface area (Å²) in [5.41, 5.74) is 7.95. The van der Waals surface area contributed by atoms with Crippen LogP contribution < -0.4 is 5.73 Å². The van der Waals surface area contributed by atoms with Gasteiger partial charge in [-0.25, -0.2) is 13.5 Å². The number of nitrogens with two attached hydrogens (primary N) is 1. The Morgan fingerprint density at radius 1 is 1.10 bits per heavy atom. The first-order chi connectivity index (χ1) is 10.1. The fourth-order valence-electron chi connectivity index (χ4n) is 2.00. The van der Waals surface area contributed by atoms with Crippen molar-refractivity contribution in [2.45, 2.75) is 6.92 Å². The Balaban J connectivity index is 2.12. The molecule has 0 spiro atoms. The summed E-state index contributed by atoms with van der Waals surface area (Å²) in [6.45, 7) is 1.78. The Morgan fingerprint density at radius 3 is 2.57 bits per heavy atom. The first kappa shape index (κ1) is 13.2. The molecule has 0 aliphatic heterocycles. The van der Waals surface area contributed by atoms with Gasteiger partial charge in [-0.3, -0.25) is 9.97 Å². The number of nitrogen functional groups attached to an aromatic ring is 1. The second-order valence-electron chi connectivity index (χ2n) is 4.46. The molecule has 0 bridgehead atoms. The zero-order valence-corrected chi connectivity index (χ0v) is 11.1. The van der Waals surface area contributed by atoms with Crippen molar-refractivity contribution in [2.75, 3.05) is 5.73 Å². The third-order valence-corrected chi connectivity index (χ3v) is 3.00. The average molecular weight is 287 g/mol. The maximum atomic E-state index is 13.8. The van der Waals surface area contributed by atoms with Crippen LogP contribution in [0.2, 0.25) is 0 Å². The molecule has 3 aromatic rings. The normalized spacial score (nSPS) is 10.8. The van der Waals surface area contributed by atoms with Gasteiger partial charge in [-0.05, 0) is 19.1 Å². The molecule has 0 amide bonds. The number of aryl methyl sites for hydroxylation is 1. The van der Waals surface area contributed by atoms with Crippen LogP contribution in [0.15, 0.2) is 36.8 Å². The molecule has 2 aromatic heterocycles. The summed E-state index contributed by atoms with van der Waals surface area (Å²) in [5.74, 6) is -1.37. The van der Waals surface area contributed by atoms with E-state index >= 15 is 0 Å². The molecule has 0 fully saturated rings. The van der Waals surface area contributed by atoms with Crippen molar-refractivity contribution >= 4 is 5.69 Å². The van der Waals surface area contributed by atoms with E-state index in [9.17, 15) is 8.78 Å². The number of hydrogen-bond acceptors (Lipinski definition) is 4. The number of rotatable bonds is 2. The van der Waals surface area contributed by atoms with E-state index < -0.39 is 11.6 Å². The summed E-state index contributed by atoms with van der Waals surface area (Å²) in [7, 11) is 0. The Bertz CT molecular complexity index is 813. The minimum Gasteiger partial charge on any atom is -0.396 e. The van der Waals surface area contributed by atoms with E-state index in [-0.39, 0.29) is 5.69 Å². The second-order valence-corrected chi connectivity index (χ2v) is 4.46. The van der Waals surface area contributed by atoms with Crippen molar-refractivity contribution in [3.05, 3.63) is 54.1 Å². The summed E-state index contributed by atoms with van der Waals surface area (Å²) in [6, 6.07) is 3.24. The van der Waals surface area contributed by atoms with Gasteiger partial charge in [0.05, 0.1) is 17.6 Å². The number of anilines is 1. The Labute approximate surface area is 119 Å². The number of hydrogen-bond donors (Lipinski definition) is 1. The maximum Gasteiger partial charge on any atom is 0.151 e. The molecule has 2 heterocycles. The lowest BCUT2D eigenvalue weighted by molar-refractivity contribution is 0.574. The summed E-state index contributed by atoms with van der Waals surface area (Å²) in [4.78, 5) is 8.30. The summed E-state index contributed by atoms with van der Waals surface area (Å²) in [5, 5.41) is 4.23. The average Bonchev–Trinajstić information content (AvgIpc) is 2.81. The highest BCUT2D eigenvalue weighted by atomic mass is 19.1. The van der Waals surface area contributed by atoms with Crippen LogP contribution in [-0.2, 0) is 0 Å². The van der Waals surface area contributed by atoms with Crippen LogP contribution >= 0.6 is 0 Å². The fourth-order valence-corrected chi connectivity index (χ4v) is 2.00. The SMILES string of the molecule is Cc1nccnc1-c1nn(-c2ccc(F)cc2F)cc1N. The van der Waals surface area contributed by atoms with Gasteiger partial charge in [0, 0.05) is 18.5 Å². The first-order valence-electron chi connectivity index (χ1n) is 6.15. The van der Waals surface area contributed by atoms with E-state index in [2.05, 4.69) is 15.1 Å². The molecule has 0 atom stereocenters. The molecule has 1 aromatic carbocycles. The molecular formula is C14H11F2N5. The molecule has 0 aliphatic rings. The molecule has 0 saturated heterocycles. The molecule has 7 heteroatoms. The van der Waals surface area contributed by atoms with Gasteiger partial charge in [0.25, 0.3) is 0 Å². The minimum absolute atomic E-state index is 0.107. The summed E-state index contributed by atoms with van der Waals surface area (Å²) < 4.78 is 28.0. The van der Waals surface area contributed by atoms with Crippen LogP contribution in [0.4, 0.5) is 14.5 Å². The fraction of sp³-hybridized carbons (Fsp3) is 0.0714. The summed E-state index contributed by atoms with van der Waals surface area (Å²) in [6.07, 6.45) is 4.55. The Hall–Kier alpha value is -2.83. The largest absolute Gasteiger partial charge is 0.396 e. The van der Waals surface area contributed by atoms with E-state index in [1.54, 1.807) is 13.1 Å². The van der Waals surface area contributed by atoms with Crippen LogP contribution in [0, 0.1) is 18.6 Å². The van der Waals surface area contributed by atoms with Crippen LogP contribution in [0.25, 0.3) is 17.1 Å². The smallest absolute Gasteiger partial charge is 0.151 e. The van der Waals surface area contributed by atoms with Crippen LogP contribution in [-0.4, -0.2) is 19.7 Å². The minimum atomic E-state index is -0.722. The van der Waals surface area contributed by atoms with E-state index in [0.29, 0.717) is 22.8 Å². The van der Waals surface area contributed by atoms with Gasteiger partial charge in [-0.2, -0.15) is 5.10 Å². The van der Waals surface area contributed by atoms with E-state index in [0.717, 1.165) is 12.1 Å². The van der Waals surface area contributed by atoms with Gasteiger partial charge in [0.15, 0.2) is 5.82 Å². The van der Waals surface area contributed by atoms with Crippen LogP contribution in [0.5, 0.6) is 0 Å². The molecule has 0 saturated carbocycles. The van der Waals surface area contributed by atoms with Crippen molar-refractivity contribution in [1.29, 1.82) is 0 Å². The van der Waals surface area contributed by atoms with Crippen molar-refractivity contribution in [1.82, 2.24) is 19.7 Å². The second kappa shape index (κ2) is 4.93. The Kier molecular flexibility index (Phi) is 3.09. The zero-order valence-electron chi connectivity index (χ0n) is 11.1.